The first-order valence-corrected chi connectivity index (χ1v) is 5.38. The van der Waals surface area contributed by atoms with Gasteiger partial charge >= 0.3 is 0 Å². The van der Waals surface area contributed by atoms with Gasteiger partial charge in [0.15, 0.2) is 0 Å². The van der Waals surface area contributed by atoms with Crippen molar-refractivity contribution in [1.29, 1.82) is 0 Å². The van der Waals surface area contributed by atoms with Gasteiger partial charge in [-0.2, -0.15) is 0 Å². The van der Waals surface area contributed by atoms with Crippen molar-refractivity contribution in [2.75, 3.05) is 26.7 Å². The molecule has 0 unspecified atom stereocenters. The van der Waals surface area contributed by atoms with Crippen molar-refractivity contribution in [3.8, 4) is 0 Å². The lowest BCUT2D eigenvalue weighted by Crippen LogP contribution is -2.52. The average Bonchev–Trinajstić information content (AvgIpc) is 2.15. The molecule has 0 aromatic heterocycles. The molecule has 15 heavy (non-hydrogen) atoms. The number of nitrogens with one attached hydrogen (secondary N) is 1. The predicted molar refractivity (Wildman–Crippen MR) is 60.3 cm³/mol. The van der Waals surface area contributed by atoms with Crippen LogP contribution in [0.4, 0.5) is 0 Å². The molecule has 1 atom stereocenters. The van der Waals surface area contributed by atoms with Crippen LogP contribution in [0.25, 0.3) is 0 Å². The van der Waals surface area contributed by atoms with E-state index >= 15 is 0 Å². The Labute approximate surface area is 96.7 Å². The van der Waals surface area contributed by atoms with Gasteiger partial charge in [0.25, 0.3) is 5.91 Å². The third-order valence-electron chi connectivity index (χ3n) is 3.17. The second kappa shape index (κ2) is 5.68. The normalized spacial score (nSPS) is 26.3. The van der Waals surface area contributed by atoms with Gasteiger partial charge in [-0.1, -0.05) is 0 Å². The number of ether oxygens (including phenoxy) is 1. The fourth-order valence-electron chi connectivity index (χ4n) is 1.91. The second-order valence-electron chi connectivity index (χ2n) is 4.10. The second-order valence-corrected chi connectivity index (χ2v) is 4.10. The summed E-state index contributed by atoms with van der Waals surface area (Å²) in [5.74, 6) is 0.141. The third kappa shape index (κ3) is 2.83. The van der Waals surface area contributed by atoms with Crippen molar-refractivity contribution in [3.05, 3.63) is 0 Å². The number of hydrogen-bond donors (Lipinski definition) is 1. The van der Waals surface area contributed by atoms with Gasteiger partial charge in [0.05, 0.1) is 6.61 Å². The Balaban J connectivity index is 0.00000112. The maximum absolute atomic E-state index is 11.9. The fourth-order valence-corrected chi connectivity index (χ4v) is 1.91. The first-order valence-electron chi connectivity index (χ1n) is 5.38. The van der Waals surface area contributed by atoms with Crippen LogP contribution < -0.4 is 5.32 Å². The lowest BCUT2D eigenvalue weighted by Gasteiger charge is -2.37. The van der Waals surface area contributed by atoms with Crippen molar-refractivity contribution in [2.24, 2.45) is 0 Å². The van der Waals surface area contributed by atoms with Crippen LogP contribution in [0.5, 0.6) is 0 Å². The average molecular weight is 235 g/mol. The number of carbonyl (C=O) groups is 1. The summed E-state index contributed by atoms with van der Waals surface area (Å²) in [6, 6.07) is 0.466. The lowest BCUT2D eigenvalue weighted by molar-refractivity contribution is -0.147. The summed E-state index contributed by atoms with van der Waals surface area (Å²) < 4.78 is 5.43. The van der Waals surface area contributed by atoms with E-state index in [2.05, 4.69) is 5.32 Å². The Morgan fingerprint density at radius 1 is 1.47 bits per heavy atom. The first kappa shape index (κ1) is 12.7. The molecule has 5 heteroatoms. The molecule has 1 N–H and O–H groups in total. The minimum absolute atomic E-state index is 0. The highest BCUT2D eigenvalue weighted by Crippen LogP contribution is 2.24. The largest absolute Gasteiger partial charge is 0.366 e. The molecule has 88 valence electrons. The van der Waals surface area contributed by atoms with E-state index in [4.69, 9.17) is 4.74 Å². The Hall–Kier alpha value is -0.320. The lowest BCUT2D eigenvalue weighted by atomic mass is 9.91. The van der Waals surface area contributed by atoms with Crippen molar-refractivity contribution in [3.63, 3.8) is 0 Å². The molecule has 0 radical (unpaired) electrons. The zero-order valence-electron chi connectivity index (χ0n) is 9.07. The topological polar surface area (TPSA) is 41.6 Å². The quantitative estimate of drug-likeness (QED) is 0.753. The summed E-state index contributed by atoms with van der Waals surface area (Å²) in [6.45, 7) is 2.17. The Kier molecular flexibility index (Phi) is 4.83. The summed E-state index contributed by atoms with van der Waals surface area (Å²) in [6.07, 6.45) is 3.31. The van der Waals surface area contributed by atoms with E-state index in [1.54, 1.807) is 0 Å². The van der Waals surface area contributed by atoms with E-state index in [1.165, 1.54) is 6.42 Å². The molecule has 0 aromatic rings. The van der Waals surface area contributed by atoms with Gasteiger partial charge in [0.2, 0.25) is 0 Å². The van der Waals surface area contributed by atoms with Crippen LogP contribution in [0, 0.1) is 0 Å². The number of likely N-dealkylation sites (N-methyl/N-ethyl adjacent to an activating group) is 1. The highest BCUT2D eigenvalue weighted by Gasteiger charge is 2.31. The minimum atomic E-state index is -0.255. The van der Waals surface area contributed by atoms with Gasteiger partial charge in [-0.25, -0.2) is 0 Å². The van der Waals surface area contributed by atoms with Gasteiger partial charge in [0.1, 0.15) is 6.10 Å². The van der Waals surface area contributed by atoms with E-state index < -0.39 is 0 Å². The van der Waals surface area contributed by atoms with E-state index in [0.717, 1.165) is 19.4 Å². The first-order chi connectivity index (χ1) is 6.79. The van der Waals surface area contributed by atoms with Gasteiger partial charge in [0, 0.05) is 26.2 Å². The molecule has 0 aromatic carbocycles. The molecule has 0 spiro atoms. The molecule has 1 saturated carbocycles. The number of carbonyl (C=O) groups excluding carboxylic acids is 1. The summed E-state index contributed by atoms with van der Waals surface area (Å²) >= 11 is 0. The molecule has 2 fully saturated rings. The molecule has 0 bridgehead atoms. The van der Waals surface area contributed by atoms with Gasteiger partial charge < -0.3 is 15.0 Å². The van der Waals surface area contributed by atoms with Crippen LogP contribution in [-0.2, 0) is 9.53 Å². The van der Waals surface area contributed by atoms with E-state index in [1.807, 2.05) is 11.9 Å². The fraction of sp³-hybridized carbons (Fsp3) is 0.900. The molecular formula is C10H19ClN2O2. The smallest absolute Gasteiger partial charge is 0.253 e. The summed E-state index contributed by atoms with van der Waals surface area (Å²) in [5.41, 5.74) is 0. The highest BCUT2D eigenvalue weighted by molar-refractivity contribution is 5.85. The number of rotatable bonds is 2. The summed E-state index contributed by atoms with van der Waals surface area (Å²) in [7, 11) is 1.89. The van der Waals surface area contributed by atoms with E-state index in [-0.39, 0.29) is 24.4 Å². The Bertz CT molecular complexity index is 211. The highest BCUT2D eigenvalue weighted by atomic mass is 35.5. The zero-order valence-corrected chi connectivity index (χ0v) is 9.89. The number of halogens is 1. The molecule has 1 aliphatic heterocycles. The summed E-state index contributed by atoms with van der Waals surface area (Å²) in [5, 5.41) is 3.17. The standard InChI is InChI=1S/C10H18N2O2.ClH/c1-12(8-3-2-4-8)10(13)9-7-11-5-6-14-9;/h8-9,11H,2-7H2,1H3;1H/t9-;/m0./s1. The number of hydrogen-bond acceptors (Lipinski definition) is 3. The molecular weight excluding hydrogens is 216 g/mol. The van der Waals surface area contributed by atoms with Crippen molar-refractivity contribution >= 4 is 18.3 Å². The van der Waals surface area contributed by atoms with E-state index in [0.29, 0.717) is 19.2 Å². The van der Waals surface area contributed by atoms with Gasteiger partial charge in [-0.3, -0.25) is 4.79 Å². The Morgan fingerprint density at radius 3 is 2.67 bits per heavy atom. The van der Waals surface area contributed by atoms with Crippen LogP contribution in [0.15, 0.2) is 0 Å². The van der Waals surface area contributed by atoms with Crippen LogP contribution in [0.1, 0.15) is 19.3 Å². The molecule has 1 amide bonds. The Morgan fingerprint density at radius 2 is 2.20 bits per heavy atom. The molecule has 1 saturated heterocycles. The minimum Gasteiger partial charge on any atom is -0.366 e. The maximum Gasteiger partial charge on any atom is 0.253 e. The predicted octanol–water partition coefficient (Wildman–Crippen LogP) is 0.407. The van der Waals surface area contributed by atoms with Crippen molar-refractivity contribution < 1.29 is 9.53 Å². The van der Waals surface area contributed by atoms with Gasteiger partial charge in [-0.05, 0) is 19.3 Å². The number of morpholine rings is 1. The van der Waals surface area contributed by atoms with Crippen LogP contribution in [0.2, 0.25) is 0 Å². The number of nitrogens with zero attached hydrogens (tertiary/aromatic N) is 1. The van der Waals surface area contributed by atoms with Crippen molar-refractivity contribution in [1.82, 2.24) is 10.2 Å². The molecule has 1 aliphatic carbocycles. The molecule has 4 nitrogen and oxygen atoms in total. The SMILES string of the molecule is CN(C(=O)[C@@H]1CNCCO1)C1CCC1.Cl. The monoisotopic (exact) mass is 234 g/mol. The zero-order chi connectivity index (χ0) is 9.97. The molecule has 2 rings (SSSR count). The summed E-state index contributed by atoms with van der Waals surface area (Å²) in [4.78, 5) is 13.8. The van der Waals surface area contributed by atoms with Gasteiger partial charge in [-0.15, -0.1) is 12.4 Å². The van der Waals surface area contributed by atoms with E-state index in [9.17, 15) is 4.79 Å². The third-order valence-corrected chi connectivity index (χ3v) is 3.17. The number of amides is 1. The molecule has 2 aliphatic rings. The molecule has 1 heterocycles. The maximum atomic E-state index is 11.9. The van der Waals surface area contributed by atoms with Crippen LogP contribution >= 0.6 is 12.4 Å². The van der Waals surface area contributed by atoms with Crippen molar-refractivity contribution in [2.45, 2.75) is 31.4 Å². The van der Waals surface area contributed by atoms with Crippen LogP contribution in [-0.4, -0.2) is 49.7 Å². The van der Waals surface area contributed by atoms with Crippen LogP contribution in [0.3, 0.4) is 0 Å².